The lowest BCUT2D eigenvalue weighted by molar-refractivity contribution is -0.136. The van der Waals surface area contributed by atoms with Gasteiger partial charge in [0.2, 0.25) is 0 Å². The second-order valence-electron chi connectivity index (χ2n) is 6.60. The first-order valence-electron chi connectivity index (χ1n) is 9.34. The van der Waals surface area contributed by atoms with Crippen LogP contribution in [0.1, 0.15) is 11.5 Å². The Kier molecular flexibility index (Phi) is 6.36. The van der Waals surface area contributed by atoms with Crippen LogP contribution in [0.5, 0.6) is 17.2 Å². The zero-order valence-electron chi connectivity index (χ0n) is 17.7. The first-order chi connectivity index (χ1) is 15.0. The molecule has 3 rings (SSSR count). The minimum Gasteiger partial charge on any atom is -0.497 e. The molecule has 8 nitrogen and oxygen atoms in total. The van der Waals surface area contributed by atoms with Gasteiger partial charge in [-0.15, -0.1) is 0 Å². The third kappa shape index (κ3) is 3.98. The van der Waals surface area contributed by atoms with E-state index in [1.807, 2.05) is 0 Å². The van der Waals surface area contributed by atoms with Gasteiger partial charge in [-0.25, -0.2) is 4.79 Å². The molecule has 0 fully saturated rings. The largest absolute Gasteiger partial charge is 0.497 e. The molecule has 2 N–H and O–H groups in total. The fourth-order valence-corrected chi connectivity index (χ4v) is 3.45. The molecule has 8 heteroatoms. The molecule has 0 aromatic heterocycles. The zero-order valence-corrected chi connectivity index (χ0v) is 17.7. The molecule has 0 aliphatic carbocycles. The summed E-state index contributed by atoms with van der Waals surface area (Å²) in [7, 11) is 5.92. The molecule has 0 bridgehead atoms. The van der Waals surface area contributed by atoms with Gasteiger partial charge in [-0.05, 0) is 29.8 Å². The standard InChI is InChI=1S/C23H23N3O5/c1-28-15-7-5-14(6-8-15)21-17(12-24)22(25)26(13-18(21)23(27)31-4)19-10-9-16(29-2)11-20(19)30-3/h5-11,13,21H,25H2,1-4H3. The van der Waals surface area contributed by atoms with Gasteiger partial charge in [0.25, 0.3) is 0 Å². The van der Waals surface area contributed by atoms with Gasteiger partial charge in [-0.1, -0.05) is 12.1 Å². The molecule has 1 aliphatic rings. The van der Waals surface area contributed by atoms with Crippen LogP contribution >= 0.6 is 0 Å². The van der Waals surface area contributed by atoms with E-state index in [0.29, 0.717) is 28.5 Å². The minimum absolute atomic E-state index is 0.180. The molecule has 1 unspecified atom stereocenters. The Bertz CT molecular complexity index is 1080. The molecule has 2 aromatic rings. The van der Waals surface area contributed by atoms with Gasteiger partial charge in [0, 0.05) is 12.3 Å². The van der Waals surface area contributed by atoms with Crippen LogP contribution in [-0.2, 0) is 9.53 Å². The van der Waals surface area contributed by atoms with E-state index in [9.17, 15) is 10.1 Å². The number of nitrogens with zero attached hydrogens (tertiary/aromatic N) is 2. The number of nitriles is 1. The number of carbonyl (C=O) groups excluding carboxylic acids is 1. The number of methoxy groups -OCH3 is 4. The Balaban J connectivity index is 2.19. The van der Waals surface area contributed by atoms with Gasteiger partial charge in [0.1, 0.15) is 23.1 Å². The first kappa shape index (κ1) is 21.6. The Hall–Kier alpha value is -4.12. The number of carbonyl (C=O) groups is 1. The quantitative estimate of drug-likeness (QED) is 0.709. The van der Waals surface area contributed by atoms with Gasteiger partial charge in [-0.2, -0.15) is 5.26 Å². The summed E-state index contributed by atoms with van der Waals surface area (Å²) in [6.45, 7) is 0. The number of benzene rings is 2. The second-order valence-corrected chi connectivity index (χ2v) is 6.60. The molecule has 0 radical (unpaired) electrons. The predicted molar refractivity (Wildman–Crippen MR) is 115 cm³/mol. The van der Waals surface area contributed by atoms with E-state index in [-0.39, 0.29) is 17.0 Å². The van der Waals surface area contributed by atoms with Crippen LogP contribution in [0.25, 0.3) is 0 Å². The molecule has 1 atom stereocenters. The maximum absolute atomic E-state index is 12.7. The number of anilines is 1. The van der Waals surface area contributed by atoms with Crippen molar-refractivity contribution >= 4 is 11.7 Å². The van der Waals surface area contributed by atoms with Crippen LogP contribution in [0.15, 0.2) is 65.6 Å². The van der Waals surface area contributed by atoms with Crippen LogP contribution in [0.2, 0.25) is 0 Å². The monoisotopic (exact) mass is 421 g/mol. The van der Waals surface area contributed by atoms with Crippen molar-refractivity contribution < 1.29 is 23.7 Å². The molecule has 0 saturated carbocycles. The number of allylic oxidation sites excluding steroid dienone is 1. The maximum Gasteiger partial charge on any atom is 0.336 e. The molecule has 31 heavy (non-hydrogen) atoms. The molecule has 0 amide bonds. The van der Waals surface area contributed by atoms with Crippen LogP contribution in [0.3, 0.4) is 0 Å². The molecule has 2 aromatic carbocycles. The fourth-order valence-electron chi connectivity index (χ4n) is 3.45. The summed E-state index contributed by atoms with van der Waals surface area (Å²) in [5.74, 6) is 0.627. The third-order valence-corrected chi connectivity index (χ3v) is 5.04. The minimum atomic E-state index is -0.691. The summed E-state index contributed by atoms with van der Waals surface area (Å²) in [6.07, 6.45) is 1.57. The Morgan fingerprint density at radius 3 is 2.19 bits per heavy atom. The zero-order chi connectivity index (χ0) is 22.5. The van der Waals surface area contributed by atoms with E-state index in [4.69, 9.17) is 24.7 Å². The van der Waals surface area contributed by atoms with Crippen LogP contribution in [0, 0.1) is 11.3 Å². The topological polar surface area (TPSA) is 107 Å². The molecular formula is C23H23N3O5. The van der Waals surface area contributed by atoms with Crippen molar-refractivity contribution in [1.82, 2.24) is 0 Å². The summed E-state index contributed by atoms with van der Waals surface area (Å²) in [5.41, 5.74) is 8.15. The highest BCUT2D eigenvalue weighted by atomic mass is 16.5. The number of rotatable bonds is 6. The summed E-state index contributed by atoms with van der Waals surface area (Å²) in [5, 5.41) is 9.97. The van der Waals surface area contributed by atoms with Gasteiger partial charge in [0.05, 0.1) is 57.3 Å². The lowest BCUT2D eigenvalue weighted by Crippen LogP contribution is -2.33. The summed E-state index contributed by atoms with van der Waals surface area (Å²) < 4.78 is 20.9. The van der Waals surface area contributed by atoms with Crippen molar-refractivity contribution in [3.63, 3.8) is 0 Å². The summed E-state index contributed by atoms with van der Waals surface area (Å²) in [4.78, 5) is 14.3. The van der Waals surface area contributed by atoms with Crippen molar-refractivity contribution in [2.24, 2.45) is 5.73 Å². The highest BCUT2D eigenvalue weighted by Gasteiger charge is 2.35. The van der Waals surface area contributed by atoms with E-state index in [1.165, 1.54) is 14.2 Å². The number of hydrogen-bond donors (Lipinski definition) is 1. The molecule has 1 heterocycles. The smallest absolute Gasteiger partial charge is 0.336 e. The Morgan fingerprint density at radius 1 is 1.00 bits per heavy atom. The predicted octanol–water partition coefficient (Wildman–Crippen LogP) is 3.07. The second kappa shape index (κ2) is 9.13. The van der Waals surface area contributed by atoms with Crippen molar-refractivity contribution in [3.05, 3.63) is 71.2 Å². The van der Waals surface area contributed by atoms with Crippen LogP contribution in [-0.4, -0.2) is 34.4 Å². The van der Waals surface area contributed by atoms with Gasteiger partial charge < -0.3 is 24.7 Å². The van der Waals surface area contributed by atoms with E-state index < -0.39 is 11.9 Å². The molecular weight excluding hydrogens is 398 g/mol. The van der Waals surface area contributed by atoms with E-state index in [0.717, 1.165) is 0 Å². The first-order valence-corrected chi connectivity index (χ1v) is 9.34. The SMILES string of the molecule is COC(=O)C1=CN(c2ccc(OC)cc2OC)C(N)=C(C#N)C1c1ccc(OC)cc1. The number of nitrogens with two attached hydrogens (primary N) is 1. The lowest BCUT2D eigenvalue weighted by atomic mass is 9.83. The van der Waals surface area contributed by atoms with E-state index >= 15 is 0 Å². The van der Waals surface area contributed by atoms with Crippen LogP contribution in [0.4, 0.5) is 5.69 Å². The molecule has 1 aliphatic heterocycles. The number of hydrogen-bond acceptors (Lipinski definition) is 8. The van der Waals surface area contributed by atoms with Crippen molar-refractivity contribution in [1.29, 1.82) is 5.26 Å². The summed E-state index contributed by atoms with van der Waals surface area (Å²) >= 11 is 0. The highest BCUT2D eigenvalue weighted by Crippen LogP contribution is 2.42. The number of esters is 1. The highest BCUT2D eigenvalue weighted by molar-refractivity contribution is 5.93. The van der Waals surface area contributed by atoms with Crippen LogP contribution < -0.4 is 24.8 Å². The maximum atomic E-state index is 12.7. The Labute approximate surface area is 180 Å². The average molecular weight is 421 g/mol. The van der Waals surface area contributed by atoms with Crippen molar-refractivity contribution in [2.45, 2.75) is 5.92 Å². The van der Waals surface area contributed by atoms with E-state index in [2.05, 4.69) is 6.07 Å². The summed E-state index contributed by atoms with van der Waals surface area (Å²) in [6, 6.07) is 14.4. The normalized spacial score (nSPS) is 15.6. The van der Waals surface area contributed by atoms with Gasteiger partial charge >= 0.3 is 5.97 Å². The Morgan fingerprint density at radius 2 is 1.65 bits per heavy atom. The molecule has 0 saturated heterocycles. The number of ether oxygens (including phenoxy) is 4. The molecule has 0 spiro atoms. The fraction of sp³-hybridized carbons (Fsp3) is 0.217. The van der Waals surface area contributed by atoms with Crippen molar-refractivity contribution in [2.75, 3.05) is 33.3 Å². The van der Waals surface area contributed by atoms with Gasteiger partial charge in [0.15, 0.2) is 0 Å². The van der Waals surface area contributed by atoms with E-state index in [1.54, 1.807) is 67.8 Å². The van der Waals surface area contributed by atoms with Crippen molar-refractivity contribution in [3.8, 4) is 23.3 Å². The lowest BCUT2D eigenvalue weighted by Gasteiger charge is -2.32. The van der Waals surface area contributed by atoms with Gasteiger partial charge in [-0.3, -0.25) is 4.90 Å². The average Bonchev–Trinajstić information content (AvgIpc) is 2.82. The third-order valence-electron chi connectivity index (χ3n) is 5.04. The molecule has 160 valence electrons.